The Kier molecular flexibility index (Phi) is 5.32. The van der Waals surface area contributed by atoms with Crippen molar-refractivity contribution in [3.05, 3.63) is 47.5 Å². The standard InChI is InChI=1S/C20H19N7O2/c21-10-14-9-16(13-23-12-14)18-4-8-29-27(18)19(28)15-2-6-26(7-3-15)20-24-5-1-17(11-22)25-20/h1,5,9,12-13,15,18H,2-4,6-8H2/t18-/m0/s1. The van der Waals surface area contributed by atoms with Gasteiger partial charge in [-0.2, -0.15) is 10.5 Å². The molecule has 0 N–H and O–H groups in total. The van der Waals surface area contributed by atoms with Gasteiger partial charge in [-0.25, -0.2) is 15.0 Å². The number of hydrogen-bond acceptors (Lipinski definition) is 8. The van der Waals surface area contributed by atoms with Crippen LogP contribution in [-0.2, 0) is 9.63 Å². The molecular formula is C20H19N7O2. The largest absolute Gasteiger partial charge is 0.341 e. The van der Waals surface area contributed by atoms with Crippen molar-refractivity contribution in [3.63, 3.8) is 0 Å². The first-order chi connectivity index (χ1) is 14.2. The Hall–Kier alpha value is -3.56. The topological polar surface area (TPSA) is 119 Å². The number of pyridine rings is 1. The fourth-order valence-electron chi connectivity index (χ4n) is 3.76. The first-order valence-electron chi connectivity index (χ1n) is 9.48. The van der Waals surface area contributed by atoms with Crippen LogP contribution in [0.5, 0.6) is 0 Å². The van der Waals surface area contributed by atoms with Crippen LogP contribution in [0, 0.1) is 28.6 Å². The fourth-order valence-corrected chi connectivity index (χ4v) is 3.76. The molecule has 146 valence electrons. The van der Waals surface area contributed by atoms with E-state index in [0.29, 0.717) is 56.2 Å². The molecular weight excluding hydrogens is 370 g/mol. The van der Waals surface area contributed by atoms with Crippen molar-refractivity contribution >= 4 is 11.9 Å². The van der Waals surface area contributed by atoms with Crippen molar-refractivity contribution in [1.29, 1.82) is 10.5 Å². The summed E-state index contributed by atoms with van der Waals surface area (Å²) in [6.07, 6.45) is 6.75. The van der Waals surface area contributed by atoms with Crippen LogP contribution in [0.1, 0.15) is 42.1 Å². The Balaban J connectivity index is 1.42. The highest BCUT2D eigenvalue weighted by atomic mass is 16.7. The molecule has 0 radical (unpaired) electrons. The number of nitrogens with zero attached hydrogens (tertiary/aromatic N) is 7. The lowest BCUT2D eigenvalue weighted by atomic mass is 9.94. The average Bonchev–Trinajstić information content (AvgIpc) is 3.29. The Morgan fingerprint density at radius 2 is 2.00 bits per heavy atom. The maximum absolute atomic E-state index is 13.1. The van der Waals surface area contributed by atoms with Crippen molar-refractivity contribution in [2.75, 3.05) is 24.6 Å². The third-order valence-electron chi connectivity index (χ3n) is 5.28. The van der Waals surface area contributed by atoms with Crippen LogP contribution in [0.2, 0.25) is 0 Å². The molecule has 29 heavy (non-hydrogen) atoms. The third-order valence-corrected chi connectivity index (χ3v) is 5.28. The second-order valence-electron chi connectivity index (χ2n) is 7.04. The van der Waals surface area contributed by atoms with E-state index in [1.807, 2.05) is 11.0 Å². The van der Waals surface area contributed by atoms with E-state index in [-0.39, 0.29) is 17.9 Å². The van der Waals surface area contributed by atoms with E-state index in [0.717, 1.165) is 5.56 Å². The summed E-state index contributed by atoms with van der Waals surface area (Å²) in [4.78, 5) is 33.3. The molecule has 9 heteroatoms. The highest BCUT2D eigenvalue weighted by molar-refractivity contribution is 5.79. The van der Waals surface area contributed by atoms with E-state index in [9.17, 15) is 4.79 Å². The van der Waals surface area contributed by atoms with Crippen molar-refractivity contribution in [3.8, 4) is 12.1 Å². The summed E-state index contributed by atoms with van der Waals surface area (Å²) in [5, 5.41) is 19.6. The summed E-state index contributed by atoms with van der Waals surface area (Å²) >= 11 is 0. The van der Waals surface area contributed by atoms with Gasteiger partial charge >= 0.3 is 0 Å². The summed E-state index contributed by atoms with van der Waals surface area (Å²) < 4.78 is 0. The minimum absolute atomic E-state index is 0.0406. The van der Waals surface area contributed by atoms with Crippen LogP contribution in [0.4, 0.5) is 5.95 Å². The molecule has 2 aromatic heterocycles. The van der Waals surface area contributed by atoms with Gasteiger partial charge in [-0.3, -0.25) is 14.6 Å². The number of hydroxylamine groups is 2. The molecule has 4 rings (SSSR count). The molecule has 0 saturated carbocycles. The first-order valence-corrected chi connectivity index (χ1v) is 9.48. The number of hydrogen-bond donors (Lipinski definition) is 0. The second-order valence-corrected chi connectivity index (χ2v) is 7.04. The minimum atomic E-state index is -0.225. The number of carbonyl (C=O) groups is 1. The molecule has 2 fully saturated rings. The van der Waals surface area contributed by atoms with Crippen LogP contribution >= 0.6 is 0 Å². The summed E-state index contributed by atoms with van der Waals surface area (Å²) in [5.74, 6) is 0.323. The lowest BCUT2D eigenvalue weighted by molar-refractivity contribution is -0.182. The molecule has 0 aliphatic carbocycles. The van der Waals surface area contributed by atoms with Crippen molar-refractivity contribution in [2.45, 2.75) is 25.3 Å². The number of amides is 1. The molecule has 1 amide bonds. The molecule has 0 bridgehead atoms. The zero-order chi connectivity index (χ0) is 20.2. The lowest BCUT2D eigenvalue weighted by Gasteiger charge is -2.34. The SMILES string of the molecule is N#Cc1cncc([C@@H]2CCON2C(=O)C2CCN(c3nccc(C#N)n3)CC2)c1. The molecule has 4 heterocycles. The highest BCUT2D eigenvalue weighted by Crippen LogP contribution is 2.33. The quantitative estimate of drug-likeness (QED) is 0.779. The van der Waals surface area contributed by atoms with Gasteiger partial charge in [0.05, 0.1) is 18.2 Å². The average molecular weight is 389 g/mol. The summed E-state index contributed by atoms with van der Waals surface area (Å²) in [6.45, 7) is 1.73. The zero-order valence-electron chi connectivity index (χ0n) is 15.7. The summed E-state index contributed by atoms with van der Waals surface area (Å²) in [6, 6.07) is 7.21. The third kappa shape index (κ3) is 3.86. The van der Waals surface area contributed by atoms with Gasteiger partial charge in [0.25, 0.3) is 0 Å². The first kappa shape index (κ1) is 18.8. The Bertz CT molecular complexity index is 989. The van der Waals surface area contributed by atoms with Gasteiger partial charge in [-0.15, -0.1) is 0 Å². The maximum atomic E-state index is 13.1. The fraction of sp³-hybridized carbons (Fsp3) is 0.400. The molecule has 0 aromatic carbocycles. The molecule has 9 nitrogen and oxygen atoms in total. The number of carbonyl (C=O) groups excluding carboxylic acids is 1. The Labute approximate surface area is 168 Å². The summed E-state index contributed by atoms with van der Waals surface area (Å²) in [7, 11) is 0. The Morgan fingerprint density at radius 3 is 2.76 bits per heavy atom. The molecule has 0 unspecified atom stereocenters. The van der Waals surface area contributed by atoms with Crippen molar-refractivity contribution < 1.29 is 9.63 Å². The second kappa shape index (κ2) is 8.21. The molecule has 1 atom stereocenters. The smallest absolute Gasteiger partial charge is 0.249 e. The van der Waals surface area contributed by atoms with Crippen LogP contribution in [-0.4, -0.2) is 45.6 Å². The van der Waals surface area contributed by atoms with Gasteiger partial charge < -0.3 is 4.90 Å². The van der Waals surface area contributed by atoms with E-state index >= 15 is 0 Å². The maximum Gasteiger partial charge on any atom is 0.249 e. The van der Waals surface area contributed by atoms with Crippen LogP contribution in [0.15, 0.2) is 30.7 Å². The lowest BCUT2D eigenvalue weighted by Crippen LogP contribution is -2.42. The van der Waals surface area contributed by atoms with Crippen LogP contribution < -0.4 is 4.90 Å². The minimum Gasteiger partial charge on any atom is -0.341 e. The number of anilines is 1. The van der Waals surface area contributed by atoms with E-state index in [1.54, 1.807) is 24.5 Å². The van der Waals surface area contributed by atoms with Crippen LogP contribution in [0.25, 0.3) is 0 Å². The zero-order valence-corrected chi connectivity index (χ0v) is 15.7. The normalized spacial score (nSPS) is 19.6. The van der Waals surface area contributed by atoms with Gasteiger partial charge in [-0.1, -0.05) is 0 Å². The number of piperidine rings is 1. The van der Waals surface area contributed by atoms with E-state index in [1.165, 1.54) is 11.3 Å². The molecule has 0 spiro atoms. The predicted octanol–water partition coefficient (Wildman–Crippen LogP) is 1.74. The molecule has 2 saturated heterocycles. The number of aromatic nitrogens is 3. The number of rotatable bonds is 3. The van der Waals surface area contributed by atoms with Gasteiger partial charge in [-0.05, 0) is 30.5 Å². The van der Waals surface area contributed by atoms with Crippen molar-refractivity contribution in [1.82, 2.24) is 20.0 Å². The molecule has 2 aliphatic heterocycles. The van der Waals surface area contributed by atoms with E-state index in [4.69, 9.17) is 15.4 Å². The van der Waals surface area contributed by atoms with Crippen molar-refractivity contribution in [2.24, 2.45) is 5.92 Å². The summed E-state index contributed by atoms with van der Waals surface area (Å²) in [5.41, 5.74) is 1.61. The molecule has 2 aliphatic rings. The van der Waals surface area contributed by atoms with Gasteiger partial charge in [0.15, 0.2) is 0 Å². The van der Waals surface area contributed by atoms with Gasteiger partial charge in [0.1, 0.15) is 17.8 Å². The Morgan fingerprint density at radius 1 is 1.17 bits per heavy atom. The predicted molar refractivity (Wildman–Crippen MR) is 101 cm³/mol. The monoisotopic (exact) mass is 389 g/mol. The van der Waals surface area contributed by atoms with Crippen LogP contribution in [0.3, 0.4) is 0 Å². The van der Waals surface area contributed by atoms with Gasteiger partial charge in [0.2, 0.25) is 11.9 Å². The highest BCUT2D eigenvalue weighted by Gasteiger charge is 2.37. The number of nitriles is 2. The van der Waals surface area contributed by atoms with E-state index < -0.39 is 0 Å². The van der Waals surface area contributed by atoms with E-state index in [2.05, 4.69) is 21.0 Å². The van der Waals surface area contributed by atoms with Gasteiger partial charge in [0, 0.05) is 44.0 Å². The molecule has 2 aromatic rings.